The molecule has 1 aromatic carbocycles. The lowest BCUT2D eigenvalue weighted by molar-refractivity contribution is -0.0360. The van der Waals surface area contributed by atoms with E-state index in [1.54, 1.807) is 19.5 Å². The Hall–Kier alpha value is -1.98. The van der Waals surface area contributed by atoms with Crippen LogP contribution in [0.4, 0.5) is 0 Å². The molecule has 5 nitrogen and oxygen atoms in total. The second kappa shape index (κ2) is 7.06. The van der Waals surface area contributed by atoms with Gasteiger partial charge in [-0.05, 0) is 25.5 Å². The zero-order valence-electron chi connectivity index (χ0n) is 13.7. The van der Waals surface area contributed by atoms with Crippen molar-refractivity contribution in [1.29, 1.82) is 0 Å². The molecule has 0 radical (unpaired) electrons. The third kappa shape index (κ3) is 4.06. The zero-order valence-corrected chi connectivity index (χ0v) is 13.7. The molecule has 0 saturated carbocycles. The Morgan fingerprint density at radius 3 is 2.74 bits per heavy atom. The van der Waals surface area contributed by atoms with Crippen LogP contribution in [-0.2, 0) is 11.3 Å². The Morgan fingerprint density at radius 2 is 2.04 bits per heavy atom. The quantitative estimate of drug-likeness (QED) is 0.820. The van der Waals surface area contributed by atoms with Gasteiger partial charge in [0.2, 0.25) is 0 Å². The molecule has 2 aromatic rings. The van der Waals surface area contributed by atoms with Gasteiger partial charge in [0.15, 0.2) is 0 Å². The Morgan fingerprint density at radius 1 is 1.22 bits per heavy atom. The highest BCUT2D eigenvalue weighted by Gasteiger charge is 2.39. The van der Waals surface area contributed by atoms with Gasteiger partial charge in [0.05, 0.1) is 5.69 Å². The fourth-order valence-electron chi connectivity index (χ4n) is 2.90. The van der Waals surface area contributed by atoms with Crippen LogP contribution in [0.25, 0.3) is 0 Å². The third-order valence-corrected chi connectivity index (χ3v) is 4.35. The number of benzene rings is 1. The lowest BCUT2D eigenvalue weighted by Crippen LogP contribution is -2.41. The van der Waals surface area contributed by atoms with E-state index in [0.717, 1.165) is 37.5 Å². The highest BCUT2D eigenvalue weighted by atomic mass is 16.5. The number of rotatable bonds is 6. The topological polar surface area (TPSA) is 47.5 Å². The Bertz CT molecular complexity index is 618. The molecule has 1 saturated heterocycles. The summed E-state index contributed by atoms with van der Waals surface area (Å²) in [7, 11) is 1.77. The van der Waals surface area contributed by atoms with Crippen LogP contribution in [0.2, 0.25) is 0 Å². The zero-order chi connectivity index (χ0) is 16.1. The number of ether oxygens (including phenoxy) is 2. The first-order chi connectivity index (χ1) is 11.2. The Labute approximate surface area is 137 Å². The molecule has 1 unspecified atom stereocenters. The van der Waals surface area contributed by atoms with Crippen LogP contribution in [0.5, 0.6) is 5.75 Å². The van der Waals surface area contributed by atoms with Crippen LogP contribution in [0, 0.1) is 6.92 Å². The number of hydrogen-bond acceptors (Lipinski definition) is 5. The molecule has 0 N–H and O–H groups in total. The molecule has 1 fully saturated rings. The molecule has 1 aliphatic heterocycles. The summed E-state index contributed by atoms with van der Waals surface area (Å²) >= 11 is 0. The van der Waals surface area contributed by atoms with E-state index in [0.29, 0.717) is 6.61 Å². The predicted molar refractivity (Wildman–Crippen MR) is 88.3 cm³/mol. The van der Waals surface area contributed by atoms with Crippen LogP contribution in [-0.4, -0.2) is 47.3 Å². The minimum atomic E-state index is -0.257. The maximum Gasteiger partial charge on any atom is 0.119 e. The van der Waals surface area contributed by atoms with E-state index in [1.165, 1.54) is 5.56 Å². The van der Waals surface area contributed by atoms with E-state index in [2.05, 4.69) is 33.9 Å². The van der Waals surface area contributed by atoms with Crippen LogP contribution < -0.4 is 4.74 Å². The molecule has 122 valence electrons. The molecular weight excluding hydrogens is 290 g/mol. The third-order valence-electron chi connectivity index (χ3n) is 4.35. The summed E-state index contributed by atoms with van der Waals surface area (Å²) in [6.45, 7) is 5.24. The molecule has 0 amide bonds. The van der Waals surface area contributed by atoms with Gasteiger partial charge in [-0.2, -0.15) is 0 Å². The molecule has 0 aliphatic carbocycles. The first kappa shape index (κ1) is 15.9. The minimum Gasteiger partial charge on any atom is -0.491 e. The predicted octanol–water partition coefficient (Wildman–Crippen LogP) is 2.45. The summed E-state index contributed by atoms with van der Waals surface area (Å²) in [4.78, 5) is 10.8. The molecule has 0 spiro atoms. The molecule has 1 aromatic heterocycles. The van der Waals surface area contributed by atoms with Crippen molar-refractivity contribution in [2.24, 2.45) is 0 Å². The monoisotopic (exact) mass is 313 g/mol. The number of aryl methyl sites for hydroxylation is 1. The van der Waals surface area contributed by atoms with E-state index in [9.17, 15) is 0 Å². The van der Waals surface area contributed by atoms with Gasteiger partial charge >= 0.3 is 0 Å². The molecule has 1 atom stereocenters. The highest BCUT2D eigenvalue weighted by molar-refractivity contribution is 5.26. The average molecular weight is 313 g/mol. The number of hydrogen-bond donors (Lipinski definition) is 0. The Balaban J connectivity index is 1.57. The first-order valence-electron chi connectivity index (χ1n) is 7.91. The van der Waals surface area contributed by atoms with Crippen molar-refractivity contribution in [3.8, 4) is 5.75 Å². The van der Waals surface area contributed by atoms with Gasteiger partial charge < -0.3 is 9.47 Å². The number of likely N-dealkylation sites (tertiary alicyclic amines) is 1. The molecule has 0 bridgehead atoms. The molecule has 2 heterocycles. The second-order valence-corrected chi connectivity index (χ2v) is 6.15. The second-order valence-electron chi connectivity index (χ2n) is 6.15. The van der Waals surface area contributed by atoms with Crippen molar-refractivity contribution in [2.75, 3.05) is 26.8 Å². The van der Waals surface area contributed by atoms with Crippen molar-refractivity contribution in [2.45, 2.75) is 25.5 Å². The van der Waals surface area contributed by atoms with Crippen molar-refractivity contribution in [1.82, 2.24) is 14.9 Å². The largest absolute Gasteiger partial charge is 0.491 e. The average Bonchev–Trinajstić information content (AvgIpc) is 2.99. The molecule has 3 rings (SSSR count). The van der Waals surface area contributed by atoms with Crippen LogP contribution in [0.3, 0.4) is 0 Å². The lowest BCUT2D eigenvalue weighted by atomic mass is 10.0. The summed E-state index contributed by atoms with van der Waals surface area (Å²) in [5.74, 6) is 0.888. The van der Waals surface area contributed by atoms with E-state index in [1.807, 2.05) is 18.3 Å². The maximum absolute atomic E-state index is 5.96. The smallest absolute Gasteiger partial charge is 0.119 e. The van der Waals surface area contributed by atoms with Gasteiger partial charge in [-0.15, -0.1) is 0 Å². The lowest BCUT2D eigenvalue weighted by Gasteiger charge is -2.28. The summed E-state index contributed by atoms with van der Waals surface area (Å²) in [6.07, 6.45) is 6.20. The standard InChI is InChI=1S/C18H23N3O2/c1-15-3-5-17(6-4-15)23-14-18(22-2)7-10-21(13-18)12-16-11-19-8-9-20-16/h3-6,8-9,11H,7,10,12-14H2,1-2H3. The van der Waals surface area contributed by atoms with Crippen molar-refractivity contribution >= 4 is 0 Å². The SMILES string of the molecule is COC1(COc2ccc(C)cc2)CCN(Cc2cnccn2)C1. The van der Waals surface area contributed by atoms with Gasteiger partial charge in [0.1, 0.15) is 18.0 Å². The van der Waals surface area contributed by atoms with Crippen LogP contribution >= 0.6 is 0 Å². The van der Waals surface area contributed by atoms with Gasteiger partial charge in [-0.25, -0.2) is 0 Å². The van der Waals surface area contributed by atoms with Gasteiger partial charge in [-0.3, -0.25) is 14.9 Å². The van der Waals surface area contributed by atoms with E-state index < -0.39 is 0 Å². The number of aromatic nitrogens is 2. The normalized spacial score (nSPS) is 21.5. The summed E-state index contributed by atoms with van der Waals surface area (Å²) in [5.41, 5.74) is 1.96. The van der Waals surface area contributed by atoms with E-state index in [-0.39, 0.29) is 5.60 Å². The molecule has 23 heavy (non-hydrogen) atoms. The molecular formula is C18H23N3O2. The number of methoxy groups -OCH3 is 1. The van der Waals surface area contributed by atoms with E-state index >= 15 is 0 Å². The summed E-state index contributed by atoms with van der Waals surface area (Å²) in [5, 5.41) is 0. The van der Waals surface area contributed by atoms with Crippen LogP contribution in [0.15, 0.2) is 42.9 Å². The van der Waals surface area contributed by atoms with Gasteiger partial charge in [0, 0.05) is 45.3 Å². The minimum absolute atomic E-state index is 0.257. The van der Waals surface area contributed by atoms with Crippen LogP contribution in [0.1, 0.15) is 17.7 Å². The van der Waals surface area contributed by atoms with E-state index in [4.69, 9.17) is 9.47 Å². The van der Waals surface area contributed by atoms with Crippen molar-refractivity contribution in [3.05, 3.63) is 54.1 Å². The maximum atomic E-state index is 5.96. The first-order valence-corrected chi connectivity index (χ1v) is 7.91. The van der Waals surface area contributed by atoms with Gasteiger partial charge in [-0.1, -0.05) is 17.7 Å². The number of nitrogens with zero attached hydrogens (tertiary/aromatic N) is 3. The fourth-order valence-corrected chi connectivity index (χ4v) is 2.90. The molecule has 1 aliphatic rings. The van der Waals surface area contributed by atoms with Gasteiger partial charge in [0.25, 0.3) is 0 Å². The Kier molecular flexibility index (Phi) is 4.88. The van der Waals surface area contributed by atoms with Crippen molar-refractivity contribution < 1.29 is 9.47 Å². The molecule has 5 heteroatoms. The summed E-state index contributed by atoms with van der Waals surface area (Å²) in [6, 6.07) is 8.13. The fraction of sp³-hybridized carbons (Fsp3) is 0.444. The summed E-state index contributed by atoms with van der Waals surface area (Å²) < 4.78 is 11.8. The highest BCUT2D eigenvalue weighted by Crippen LogP contribution is 2.27. The van der Waals surface area contributed by atoms with Crippen molar-refractivity contribution in [3.63, 3.8) is 0 Å².